The zero-order chi connectivity index (χ0) is 21.7. The van der Waals surface area contributed by atoms with Gasteiger partial charge in [-0.2, -0.15) is 13.2 Å². The molecule has 0 saturated heterocycles. The molecule has 0 atom stereocenters. The average molecular weight is 431 g/mol. The van der Waals surface area contributed by atoms with E-state index < -0.39 is 21.6 Å². The molecule has 0 spiro atoms. The number of benzene rings is 1. The number of halogens is 3. The molecule has 1 aromatic carbocycles. The molecule has 0 radical (unpaired) electrons. The Balaban J connectivity index is 2.00. The maximum Gasteiger partial charge on any atom is 0.420 e. The number of hydrogen-bond acceptors (Lipinski definition) is 4. The second kappa shape index (κ2) is 6.94. The average Bonchev–Trinajstić information content (AvgIpc) is 3.10. The lowest BCUT2D eigenvalue weighted by Gasteiger charge is -2.13. The molecular weight excluding hydrogens is 415 g/mol. The van der Waals surface area contributed by atoms with E-state index in [0.29, 0.717) is 22.4 Å². The van der Waals surface area contributed by atoms with Gasteiger partial charge in [0.2, 0.25) is 0 Å². The first-order valence-corrected chi connectivity index (χ1v) is 10.7. The molecule has 5 nitrogen and oxygen atoms in total. The van der Waals surface area contributed by atoms with Gasteiger partial charge in [0.25, 0.3) is 0 Å². The minimum Gasteiger partial charge on any atom is -0.299 e. The van der Waals surface area contributed by atoms with Crippen molar-refractivity contribution in [2.45, 2.75) is 18.0 Å². The Labute approximate surface area is 170 Å². The highest BCUT2D eigenvalue weighted by molar-refractivity contribution is 7.90. The lowest BCUT2D eigenvalue weighted by atomic mass is 10.1. The van der Waals surface area contributed by atoms with E-state index in [-0.39, 0.29) is 10.5 Å². The topological polar surface area (TPSA) is 64.3 Å². The summed E-state index contributed by atoms with van der Waals surface area (Å²) in [6.07, 6.45) is 0.824. The van der Waals surface area contributed by atoms with Gasteiger partial charge in [0, 0.05) is 41.0 Å². The van der Waals surface area contributed by atoms with Crippen LogP contribution in [0.3, 0.4) is 0 Å². The molecule has 3 aromatic heterocycles. The van der Waals surface area contributed by atoms with Crippen LogP contribution in [-0.4, -0.2) is 29.0 Å². The Morgan fingerprint density at radius 1 is 0.933 bits per heavy atom. The maximum atomic E-state index is 13.8. The van der Waals surface area contributed by atoms with Gasteiger partial charge >= 0.3 is 6.18 Å². The van der Waals surface area contributed by atoms with E-state index in [1.807, 2.05) is 0 Å². The van der Waals surface area contributed by atoms with Crippen molar-refractivity contribution in [1.29, 1.82) is 0 Å². The number of aryl methyl sites for hydroxylation is 1. The first-order valence-electron chi connectivity index (χ1n) is 8.86. The quantitative estimate of drug-likeness (QED) is 0.468. The molecule has 4 aromatic rings. The molecule has 30 heavy (non-hydrogen) atoms. The molecular formula is C21H16F3N3O2S. The molecule has 0 aliphatic heterocycles. The van der Waals surface area contributed by atoms with Crippen LogP contribution in [0.1, 0.15) is 11.3 Å². The van der Waals surface area contributed by atoms with E-state index in [0.717, 1.165) is 18.0 Å². The van der Waals surface area contributed by atoms with Crippen molar-refractivity contribution in [3.05, 3.63) is 72.3 Å². The zero-order valence-electron chi connectivity index (χ0n) is 16.0. The first kappa shape index (κ1) is 20.1. The van der Waals surface area contributed by atoms with Gasteiger partial charge in [0.15, 0.2) is 9.84 Å². The third kappa shape index (κ3) is 3.68. The van der Waals surface area contributed by atoms with Crippen LogP contribution in [0.15, 0.2) is 66.0 Å². The zero-order valence-corrected chi connectivity index (χ0v) is 16.8. The summed E-state index contributed by atoms with van der Waals surface area (Å²) in [4.78, 5) is 8.22. The predicted octanol–water partition coefficient (Wildman–Crippen LogP) is 4.79. The standard InChI is InChI=1S/C21H16F3N3O2S/c1-13-6-7-15(10-25-13)16-9-18(21(22,23)24)20-26-11-19(27(20)12-16)14-4-3-5-17(8-14)30(2,28)29/h3-12H,1-2H3. The van der Waals surface area contributed by atoms with Gasteiger partial charge < -0.3 is 0 Å². The number of aromatic nitrogens is 3. The van der Waals surface area contributed by atoms with Gasteiger partial charge in [-0.15, -0.1) is 0 Å². The lowest BCUT2D eigenvalue weighted by Crippen LogP contribution is -2.09. The Bertz CT molecular complexity index is 1360. The second-order valence-electron chi connectivity index (χ2n) is 6.97. The lowest BCUT2D eigenvalue weighted by molar-refractivity contribution is -0.136. The fourth-order valence-corrected chi connectivity index (χ4v) is 3.86. The minimum atomic E-state index is -4.62. The number of sulfone groups is 1. The number of rotatable bonds is 3. The van der Waals surface area contributed by atoms with Crippen molar-refractivity contribution in [3.8, 4) is 22.4 Å². The highest BCUT2D eigenvalue weighted by Gasteiger charge is 2.35. The maximum absolute atomic E-state index is 13.8. The van der Waals surface area contributed by atoms with Crippen molar-refractivity contribution in [2.75, 3.05) is 6.26 Å². The van der Waals surface area contributed by atoms with Gasteiger partial charge in [-0.25, -0.2) is 13.4 Å². The van der Waals surface area contributed by atoms with Crippen molar-refractivity contribution in [1.82, 2.24) is 14.4 Å². The van der Waals surface area contributed by atoms with Crippen LogP contribution >= 0.6 is 0 Å². The molecule has 0 aliphatic rings. The summed E-state index contributed by atoms with van der Waals surface area (Å²) in [7, 11) is -3.47. The number of nitrogens with zero attached hydrogens (tertiary/aromatic N) is 3. The first-order chi connectivity index (χ1) is 14.0. The van der Waals surface area contributed by atoms with Crippen LogP contribution in [0.25, 0.3) is 28.0 Å². The number of pyridine rings is 2. The Morgan fingerprint density at radius 2 is 1.70 bits per heavy atom. The summed E-state index contributed by atoms with van der Waals surface area (Å²) in [5, 5.41) is 0. The largest absolute Gasteiger partial charge is 0.420 e. The molecule has 154 valence electrons. The van der Waals surface area contributed by atoms with E-state index in [2.05, 4.69) is 9.97 Å². The summed E-state index contributed by atoms with van der Waals surface area (Å²) >= 11 is 0. The summed E-state index contributed by atoms with van der Waals surface area (Å²) in [6.45, 7) is 1.79. The van der Waals surface area contributed by atoms with E-state index >= 15 is 0 Å². The molecule has 0 saturated carbocycles. The molecule has 0 amide bonds. The van der Waals surface area contributed by atoms with Gasteiger partial charge in [-0.1, -0.05) is 18.2 Å². The van der Waals surface area contributed by atoms with Crippen LogP contribution in [0.4, 0.5) is 13.2 Å². The van der Waals surface area contributed by atoms with Crippen LogP contribution < -0.4 is 0 Å². The van der Waals surface area contributed by atoms with Gasteiger partial charge in [-0.05, 0) is 31.2 Å². The summed E-state index contributed by atoms with van der Waals surface area (Å²) < 4.78 is 66.4. The van der Waals surface area contributed by atoms with E-state index in [4.69, 9.17) is 0 Å². The molecule has 4 rings (SSSR count). The monoisotopic (exact) mass is 431 g/mol. The SMILES string of the molecule is Cc1ccc(-c2cc(C(F)(F)F)c3ncc(-c4cccc(S(C)(=O)=O)c4)n3c2)cn1. The number of alkyl halides is 3. The van der Waals surface area contributed by atoms with Gasteiger partial charge in [-0.3, -0.25) is 9.38 Å². The molecule has 9 heteroatoms. The predicted molar refractivity (Wildman–Crippen MR) is 107 cm³/mol. The molecule has 0 N–H and O–H groups in total. The molecule has 0 aliphatic carbocycles. The Kier molecular flexibility index (Phi) is 4.65. The van der Waals surface area contributed by atoms with Crippen molar-refractivity contribution < 1.29 is 21.6 Å². The molecule has 0 fully saturated rings. The summed E-state index contributed by atoms with van der Waals surface area (Å²) in [6, 6.07) is 10.5. The minimum absolute atomic E-state index is 0.0740. The fourth-order valence-electron chi connectivity index (χ4n) is 3.19. The number of hydrogen-bond donors (Lipinski definition) is 0. The Morgan fingerprint density at radius 3 is 2.33 bits per heavy atom. The third-order valence-corrected chi connectivity index (χ3v) is 5.82. The van der Waals surface area contributed by atoms with Crippen LogP contribution in [0.5, 0.6) is 0 Å². The van der Waals surface area contributed by atoms with Crippen molar-refractivity contribution in [2.24, 2.45) is 0 Å². The fraction of sp³-hybridized carbons (Fsp3) is 0.143. The van der Waals surface area contributed by atoms with E-state index in [1.165, 1.54) is 28.9 Å². The summed E-state index contributed by atoms with van der Waals surface area (Å²) in [5.74, 6) is 0. The third-order valence-electron chi connectivity index (χ3n) is 4.71. The van der Waals surface area contributed by atoms with Gasteiger partial charge in [0.05, 0.1) is 22.3 Å². The normalized spacial score (nSPS) is 12.4. The van der Waals surface area contributed by atoms with Crippen molar-refractivity contribution >= 4 is 15.5 Å². The van der Waals surface area contributed by atoms with Gasteiger partial charge in [0.1, 0.15) is 5.65 Å². The Hall–Kier alpha value is -3.20. The number of imidazole rings is 1. The van der Waals surface area contributed by atoms with E-state index in [9.17, 15) is 21.6 Å². The van der Waals surface area contributed by atoms with E-state index in [1.54, 1.807) is 37.4 Å². The second-order valence-corrected chi connectivity index (χ2v) is 8.98. The van der Waals surface area contributed by atoms with Crippen LogP contribution in [0.2, 0.25) is 0 Å². The number of fused-ring (bicyclic) bond motifs is 1. The molecule has 3 heterocycles. The van der Waals surface area contributed by atoms with Crippen LogP contribution in [-0.2, 0) is 16.0 Å². The smallest absolute Gasteiger partial charge is 0.299 e. The summed E-state index contributed by atoms with van der Waals surface area (Å²) in [5.41, 5.74) is 1.24. The molecule has 0 unspecified atom stereocenters. The highest BCUT2D eigenvalue weighted by atomic mass is 32.2. The molecule has 0 bridgehead atoms. The van der Waals surface area contributed by atoms with Crippen LogP contribution in [0, 0.1) is 6.92 Å². The highest BCUT2D eigenvalue weighted by Crippen LogP contribution is 2.37. The van der Waals surface area contributed by atoms with Crippen molar-refractivity contribution in [3.63, 3.8) is 0 Å².